The summed E-state index contributed by atoms with van der Waals surface area (Å²) >= 11 is -0.0450. The fourth-order valence-corrected chi connectivity index (χ4v) is 5.93. The smallest absolute Gasteiger partial charge is 0.418 e. The Kier molecular flexibility index (Phi) is 17.5. The molecule has 6 heteroatoms. The number of halogens is 5. The standard InChI is InChI=1S/C28H42I.BF4/c1-3-5-7-9-11-13-15-25-17-21-27(22-18-25)29-28-23-19-26(20-24-28)16-14-12-10-8-6-4-2;2-1(3,4)5/h17-24H,3-16H2,1-2H3;/q+1;-1. The maximum Gasteiger partial charge on any atom is 0.673 e. The second kappa shape index (κ2) is 19.2. The van der Waals surface area contributed by atoms with Crippen LogP contribution in [-0.4, -0.2) is 7.25 Å². The van der Waals surface area contributed by atoms with Gasteiger partial charge in [0.1, 0.15) is 0 Å². The quantitative estimate of drug-likeness (QED) is 0.0860. The van der Waals surface area contributed by atoms with Crippen LogP contribution in [0.5, 0.6) is 0 Å². The largest absolute Gasteiger partial charge is 0.673 e. The first-order valence-corrected chi connectivity index (χ1v) is 15.2. The number of hydrogen-bond acceptors (Lipinski definition) is 0. The molecular formula is C28H42BF4I. The summed E-state index contributed by atoms with van der Waals surface area (Å²) in [5, 5.41) is 0. The molecule has 0 nitrogen and oxygen atoms in total. The first kappa shape index (κ1) is 31.0. The van der Waals surface area contributed by atoms with Gasteiger partial charge in [-0.15, -0.1) is 0 Å². The average molecular weight is 592 g/mol. The third kappa shape index (κ3) is 18.3. The Labute approximate surface area is 215 Å². The predicted molar refractivity (Wildman–Crippen MR) is 135 cm³/mol. The van der Waals surface area contributed by atoms with Crippen molar-refractivity contribution in [2.45, 2.75) is 104 Å². The van der Waals surface area contributed by atoms with Crippen molar-refractivity contribution >= 4 is 7.25 Å². The molecule has 2 aromatic carbocycles. The van der Waals surface area contributed by atoms with Gasteiger partial charge in [-0.3, -0.25) is 0 Å². The predicted octanol–water partition coefficient (Wildman–Crippen LogP) is 6.92. The van der Waals surface area contributed by atoms with Crippen molar-refractivity contribution in [2.24, 2.45) is 0 Å². The summed E-state index contributed by atoms with van der Waals surface area (Å²) in [6.07, 6.45) is 19.1. The van der Waals surface area contributed by atoms with E-state index in [1.807, 2.05) is 0 Å². The van der Waals surface area contributed by atoms with Crippen molar-refractivity contribution in [3.05, 3.63) is 66.8 Å². The Hall–Kier alpha value is -1.05. The fraction of sp³-hybridized carbons (Fsp3) is 0.571. The van der Waals surface area contributed by atoms with Crippen molar-refractivity contribution in [3.8, 4) is 0 Å². The highest BCUT2D eigenvalue weighted by molar-refractivity contribution is 6.50. The molecule has 0 unspecified atom stereocenters. The van der Waals surface area contributed by atoms with Crippen molar-refractivity contribution in [1.29, 1.82) is 0 Å². The molecule has 0 aliphatic rings. The van der Waals surface area contributed by atoms with Gasteiger partial charge in [-0.25, -0.2) is 0 Å². The van der Waals surface area contributed by atoms with E-state index in [-0.39, 0.29) is 21.2 Å². The molecule has 0 bridgehead atoms. The SMILES string of the molecule is CCCCCCCCc1ccc([I+]c2ccc(CCCCCCCC)cc2)cc1.F[B-](F)(F)F. The summed E-state index contributed by atoms with van der Waals surface area (Å²) in [4.78, 5) is 0. The van der Waals surface area contributed by atoms with Crippen LogP contribution in [0, 0.1) is 7.14 Å². The van der Waals surface area contributed by atoms with E-state index < -0.39 is 7.25 Å². The van der Waals surface area contributed by atoms with Crippen LogP contribution in [0.1, 0.15) is 102 Å². The van der Waals surface area contributed by atoms with E-state index in [1.54, 1.807) is 7.14 Å². The Bertz CT molecular complexity index is 666. The van der Waals surface area contributed by atoms with Gasteiger partial charge in [-0.05, 0) is 61.1 Å². The van der Waals surface area contributed by atoms with Gasteiger partial charge in [-0.2, -0.15) is 0 Å². The van der Waals surface area contributed by atoms with Crippen LogP contribution in [0.3, 0.4) is 0 Å². The molecule has 0 heterocycles. The minimum Gasteiger partial charge on any atom is -0.418 e. The molecule has 0 aliphatic heterocycles. The minimum atomic E-state index is -6.00. The van der Waals surface area contributed by atoms with E-state index in [1.165, 1.54) is 101 Å². The summed E-state index contributed by atoms with van der Waals surface area (Å²) in [5.41, 5.74) is 3.03. The summed E-state index contributed by atoms with van der Waals surface area (Å²) in [7, 11) is -6.00. The molecular weight excluding hydrogens is 550 g/mol. The van der Waals surface area contributed by atoms with E-state index in [0.29, 0.717) is 0 Å². The Morgan fingerprint density at radius 1 is 0.500 bits per heavy atom. The molecule has 2 aromatic rings. The monoisotopic (exact) mass is 592 g/mol. The Balaban J connectivity index is 0.00000104. The molecule has 0 atom stereocenters. The topological polar surface area (TPSA) is 0 Å². The van der Waals surface area contributed by atoms with E-state index in [4.69, 9.17) is 0 Å². The summed E-state index contributed by atoms with van der Waals surface area (Å²) < 4.78 is 42.1. The maximum atomic E-state index is 9.75. The van der Waals surface area contributed by atoms with Crippen LogP contribution in [-0.2, 0) is 12.8 Å². The zero-order valence-electron chi connectivity index (χ0n) is 21.0. The van der Waals surface area contributed by atoms with Gasteiger partial charge in [0.25, 0.3) is 0 Å². The van der Waals surface area contributed by atoms with Crippen LogP contribution in [0.2, 0.25) is 0 Å². The summed E-state index contributed by atoms with van der Waals surface area (Å²) in [6, 6.07) is 19.0. The molecule has 0 aromatic heterocycles. The molecule has 34 heavy (non-hydrogen) atoms. The molecule has 0 aliphatic carbocycles. The van der Waals surface area contributed by atoms with Gasteiger partial charge in [0.2, 0.25) is 0 Å². The zero-order chi connectivity index (χ0) is 25.1. The second-order valence-corrected chi connectivity index (χ2v) is 11.9. The highest BCUT2D eigenvalue weighted by atomic mass is 127. The molecule has 0 spiro atoms. The van der Waals surface area contributed by atoms with Crippen LogP contribution in [0.25, 0.3) is 0 Å². The third-order valence-electron chi connectivity index (χ3n) is 5.68. The number of aryl methyl sites for hydroxylation is 2. The normalized spacial score (nSPS) is 11.2. The highest BCUT2D eigenvalue weighted by Crippen LogP contribution is 2.11. The van der Waals surface area contributed by atoms with Gasteiger partial charge in [0.15, 0.2) is 7.14 Å². The van der Waals surface area contributed by atoms with Crippen LogP contribution >= 0.6 is 0 Å². The van der Waals surface area contributed by atoms with Crippen molar-refractivity contribution in [2.75, 3.05) is 0 Å². The second-order valence-electron chi connectivity index (χ2n) is 8.88. The Morgan fingerprint density at radius 3 is 1.12 bits per heavy atom. The summed E-state index contributed by atoms with van der Waals surface area (Å²) in [5.74, 6) is 0. The molecule has 0 saturated carbocycles. The van der Waals surface area contributed by atoms with E-state index >= 15 is 0 Å². The maximum absolute atomic E-state index is 9.75. The zero-order valence-corrected chi connectivity index (χ0v) is 23.1. The van der Waals surface area contributed by atoms with Gasteiger partial charge >= 0.3 is 28.5 Å². The van der Waals surface area contributed by atoms with Gasteiger partial charge in [0, 0.05) is 0 Å². The van der Waals surface area contributed by atoms with Crippen molar-refractivity contribution in [3.63, 3.8) is 0 Å². The van der Waals surface area contributed by atoms with Gasteiger partial charge in [-0.1, -0.05) is 102 Å². The molecule has 0 fully saturated rings. The average Bonchev–Trinajstić information content (AvgIpc) is 2.79. The first-order valence-electron chi connectivity index (χ1n) is 13.0. The third-order valence-corrected chi connectivity index (χ3v) is 8.37. The summed E-state index contributed by atoms with van der Waals surface area (Å²) in [6.45, 7) is 4.57. The van der Waals surface area contributed by atoms with E-state index in [0.717, 1.165) is 0 Å². The lowest BCUT2D eigenvalue weighted by atomic mass is 10.1. The van der Waals surface area contributed by atoms with Crippen molar-refractivity contribution < 1.29 is 38.5 Å². The van der Waals surface area contributed by atoms with E-state index in [9.17, 15) is 17.3 Å². The molecule has 2 rings (SSSR count). The minimum absolute atomic E-state index is 0.0450. The lowest BCUT2D eigenvalue weighted by molar-refractivity contribution is -0.597. The van der Waals surface area contributed by atoms with Gasteiger partial charge in [0.05, 0.1) is 0 Å². The lowest BCUT2D eigenvalue weighted by Crippen LogP contribution is -3.61. The first-order chi connectivity index (χ1) is 16.3. The molecule has 192 valence electrons. The van der Waals surface area contributed by atoms with Crippen LogP contribution in [0.4, 0.5) is 17.3 Å². The number of hydrogen-bond donors (Lipinski definition) is 0. The van der Waals surface area contributed by atoms with Crippen LogP contribution in [0.15, 0.2) is 48.5 Å². The lowest BCUT2D eigenvalue weighted by Gasteiger charge is -2.02. The molecule has 0 amide bonds. The Morgan fingerprint density at radius 2 is 0.794 bits per heavy atom. The molecule has 0 saturated heterocycles. The van der Waals surface area contributed by atoms with Gasteiger partial charge < -0.3 is 17.3 Å². The number of rotatable bonds is 16. The molecule has 0 N–H and O–H groups in total. The van der Waals surface area contributed by atoms with E-state index in [2.05, 4.69) is 62.4 Å². The number of unbranched alkanes of at least 4 members (excludes halogenated alkanes) is 10. The van der Waals surface area contributed by atoms with Crippen molar-refractivity contribution in [1.82, 2.24) is 0 Å². The fourth-order valence-electron chi connectivity index (χ4n) is 3.77. The molecule has 0 radical (unpaired) electrons. The van der Waals surface area contributed by atoms with Crippen LogP contribution < -0.4 is 21.2 Å². The number of benzene rings is 2. The highest BCUT2D eigenvalue weighted by Gasteiger charge is 2.20.